The average Bonchev–Trinajstić information content (AvgIpc) is 2.17. The van der Waals surface area contributed by atoms with Crippen molar-refractivity contribution in [3.05, 3.63) is 35.4 Å². The standard InChI is InChI=1S/C9H11NO3/c10-8(9(12)13)7-3-1-6(5-11)2-4-7/h1-4,8,11H,5,10H2,(H,12,13)/t8-/m1/s1. The molecule has 0 aliphatic carbocycles. The maximum absolute atomic E-state index is 10.5. The van der Waals surface area contributed by atoms with E-state index in [1.165, 1.54) is 0 Å². The van der Waals surface area contributed by atoms with Crippen molar-refractivity contribution in [3.8, 4) is 0 Å². The molecule has 0 aliphatic heterocycles. The maximum Gasteiger partial charge on any atom is 0.325 e. The summed E-state index contributed by atoms with van der Waals surface area (Å²) in [6.45, 7) is -0.0530. The summed E-state index contributed by atoms with van der Waals surface area (Å²) in [6, 6.07) is 5.51. The van der Waals surface area contributed by atoms with E-state index in [-0.39, 0.29) is 6.61 Å². The van der Waals surface area contributed by atoms with Crippen LogP contribution < -0.4 is 5.73 Å². The van der Waals surface area contributed by atoms with Crippen LogP contribution in [0.15, 0.2) is 24.3 Å². The van der Waals surface area contributed by atoms with Crippen LogP contribution in [-0.2, 0) is 11.4 Å². The zero-order valence-electron chi connectivity index (χ0n) is 6.97. The van der Waals surface area contributed by atoms with Crippen LogP contribution in [0.3, 0.4) is 0 Å². The van der Waals surface area contributed by atoms with Gasteiger partial charge in [-0.1, -0.05) is 24.3 Å². The fourth-order valence-corrected chi connectivity index (χ4v) is 0.973. The number of aliphatic carboxylic acids is 1. The van der Waals surface area contributed by atoms with Gasteiger partial charge in [0.1, 0.15) is 6.04 Å². The number of hydrogen-bond donors (Lipinski definition) is 3. The Morgan fingerprint density at radius 1 is 1.38 bits per heavy atom. The van der Waals surface area contributed by atoms with E-state index in [9.17, 15) is 4.79 Å². The van der Waals surface area contributed by atoms with Crippen LogP contribution in [0.4, 0.5) is 0 Å². The van der Waals surface area contributed by atoms with Crippen molar-refractivity contribution < 1.29 is 15.0 Å². The molecule has 0 heterocycles. The van der Waals surface area contributed by atoms with Gasteiger partial charge in [0.05, 0.1) is 6.61 Å². The van der Waals surface area contributed by atoms with Crippen LogP contribution in [-0.4, -0.2) is 16.2 Å². The molecular weight excluding hydrogens is 170 g/mol. The molecule has 0 unspecified atom stereocenters. The molecule has 1 atom stereocenters. The number of carbonyl (C=O) groups is 1. The Labute approximate surface area is 75.6 Å². The fraction of sp³-hybridized carbons (Fsp3) is 0.222. The minimum Gasteiger partial charge on any atom is -0.480 e. The first kappa shape index (κ1) is 9.70. The predicted molar refractivity (Wildman–Crippen MR) is 46.9 cm³/mol. The SMILES string of the molecule is N[C@@H](C(=O)O)c1ccc(CO)cc1. The highest BCUT2D eigenvalue weighted by Crippen LogP contribution is 2.11. The Hall–Kier alpha value is -1.39. The predicted octanol–water partition coefficient (Wildman–Crippen LogP) is 0.263. The monoisotopic (exact) mass is 181 g/mol. The maximum atomic E-state index is 10.5. The molecule has 4 N–H and O–H groups in total. The third kappa shape index (κ3) is 2.27. The first-order valence-electron chi connectivity index (χ1n) is 3.83. The molecule has 4 nitrogen and oxygen atoms in total. The first-order valence-corrected chi connectivity index (χ1v) is 3.83. The third-order valence-electron chi connectivity index (χ3n) is 1.79. The molecule has 0 spiro atoms. The lowest BCUT2D eigenvalue weighted by Gasteiger charge is -2.06. The highest BCUT2D eigenvalue weighted by Gasteiger charge is 2.13. The molecule has 0 saturated heterocycles. The van der Waals surface area contributed by atoms with E-state index in [1.54, 1.807) is 24.3 Å². The number of nitrogens with two attached hydrogens (primary N) is 1. The molecule has 0 amide bonds. The van der Waals surface area contributed by atoms with Crippen LogP contribution in [0.2, 0.25) is 0 Å². The molecule has 0 aromatic heterocycles. The van der Waals surface area contributed by atoms with Crippen molar-refractivity contribution in [1.82, 2.24) is 0 Å². The van der Waals surface area contributed by atoms with E-state index in [0.29, 0.717) is 5.56 Å². The summed E-state index contributed by atoms with van der Waals surface area (Å²) in [5, 5.41) is 17.3. The number of hydrogen-bond acceptors (Lipinski definition) is 3. The molecule has 70 valence electrons. The van der Waals surface area contributed by atoms with Crippen LogP contribution in [0, 0.1) is 0 Å². The van der Waals surface area contributed by atoms with Crippen molar-refractivity contribution in [1.29, 1.82) is 0 Å². The van der Waals surface area contributed by atoms with E-state index in [4.69, 9.17) is 15.9 Å². The van der Waals surface area contributed by atoms with Crippen molar-refractivity contribution >= 4 is 5.97 Å². The summed E-state index contributed by atoms with van der Waals surface area (Å²) in [4.78, 5) is 10.5. The molecule has 1 aromatic rings. The van der Waals surface area contributed by atoms with Gasteiger partial charge in [0.2, 0.25) is 0 Å². The third-order valence-corrected chi connectivity index (χ3v) is 1.79. The van der Waals surface area contributed by atoms with Gasteiger partial charge < -0.3 is 15.9 Å². The van der Waals surface area contributed by atoms with E-state index < -0.39 is 12.0 Å². The number of carboxylic acids is 1. The van der Waals surface area contributed by atoms with Gasteiger partial charge in [0.15, 0.2) is 0 Å². The van der Waals surface area contributed by atoms with Gasteiger partial charge in [-0.15, -0.1) is 0 Å². The van der Waals surface area contributed by atoms with Crippen molar-refractivity contribution in [2.75, 3.05) is 0 Å². The number of aliphatic hydroxyl groups excluding tert-OH is 1. The molecule has 0 saturated carbocycles. The van der Waals surface area contributed by atoms with Gasteiger partial charge in [-0.05, 0) is 11.1 Å². The van der Waals surface area contributed by atoms with Gasteiger partial charge in [-0.3, -0.25) is 4.79 Å². The lowest BCUT2D eigenvalue weighted by molar-refractivity contribution is -0.138. The van der Waals surface area contributed by atoms with Crippen molar-refractivity contribution in [2.24, 2.45) is 5.73 Å². The minimum absolute atomic E-state index is 0.0530. The van der Waals surface area contributed by atoms with E-state index >= 15 is 0 Å². The average molecular weight is 181 g/mol. The number of benzene rings is 1. The van der Waals surface area contributed by atoms with Crippen LogP contribution in [0.5, 0.6) is 0 Å². The smallest absolute Gasteiger partial charge is 0.325 e. The second kappa shape index (κ2) is 4.02. The van der Waals surface area contributed by atoms with E-state index in [2.05, 4.69) is 0 Å². The number of carboxylic acid groups (broad SMARTS) is 1. The fourth-order valence-electron chi connectivity index (χ4n) is 0.973. The number of rotatable bonds is 3. The Morgan fingerprint density at radius 2 is 1.92 bits per heavy atom. The van der Waals surface area contributed by atoms with Crippen molar-refractivity contribution in [3.63, 3.8) is 0 Å². The van der Waals surface area contributed by atoms with E-state index in [1.807, 2.05) is 0 Å². The Balaban J connectivity index is 2.85. The van der Waals surface area contributed by atoms with Crippen LogP contribution >= 0.6 is 0 Å². The van der Waals surface area contributed by atoms with Gasteiger partial charge in [-0.2, -0.15) is 0 Å². The molecule has 0 fully saturated rings. The van der Waals surface area contributed by atoms with Gasteiger partial charge in [-0.25, -0.2) is 0 Å². The Bertz CT molecular complexity index is 294. The molecule has 1 rings (SSSR count). The molecule has 4 heteroatoms. The lowest BCUT2D eigenvalue weighted by atomic mass is 10.1. The van der Waals surface area contributed by atoms with Crippen LogP contribution in [0.1, 0.15) is 17.2 Å². The van der Waals surface area contributed by atoms with Gasteiger partial charge in [0, 0.05) is 0 Å². The van der Waals surface area contributed by atoms with E-state index in [0.717, 1.165) is 5.56 Å². The Morgan fingerprint density at radius 3 is 2.31 bits per heavy atom. The molecule has 0 bridgehead atoms. The minimum atomic E-state index is -1.06. The zero-order valence-corrected chi connectivity index (χ0v) is 6.97. The quantitative estimate of drug-likeness (QED) is 0.624. The summed E-state index contributed by atoms with van der Waals surface area (Å²) < 4.78 is 0. The summed E-state index contributed by atoms with van der Waals surface area (Å²) in [5.74, 6) is -1.06. The molecule has 0 radical (unpaired) electrons. The summed E-state index contributed by atoms with van der Waals surface area (Å²) >= 11 is 0. The first-order chi connectivity index (χ1) is 6.15. The zero-order chi connectivity index (χ0) is 9.84. The van der Waals surface area contributed by atoms with Crippen LogP contribution in [0.25, 0.3) is 0 Å². The summed E-state index contributed by atoms with van der Waals surface area (Å²) in [5.41, 5.74) is 6.64. The molecule has 1 aromatic carbocycles. The molecular formula is C9H11NO3. The Kier molecular flexibility index (Phi) is 3.00. The molecule has 13 heavy (non-hydrogen) atoms. The summed E-state index contributed by atoms with van der Waals surface area (Å²) in [7, 11) is 0. The molecule has 0 aliphatic rings. The summed E-state index contributed by atoms with van der Waals surface area (Å²) in [6.07, 6.45) is 0. The van der Waals surface area contributed by atoms with Gasteiger partial charge >= 0.3 is 5.97 Å². The lowest BCUT2D eigenvalue weighted by Crippen LogP contribution is -2.20. The number of aliphatic hydroxyl groups is 1. The second-order valence-corrected chi connectivity index (χ2v) is 2.72. The second-order valence-electron chi connectivity index (χ2n) is 2.72. The topological polar surface area (TPSA) is 83.6 Å². The highest BCUT2D eigenvalue weighted by molar-refractivity contribution is 5.75. The van der Waals surface area contributed by atoms with Gasteiger partial charge in [0.25, 0.3) is 0 Å². The van der Waals surface area contributed by atoms with Crippen molar-refractivity contribution in [2.45, 2.75) is 12.6 Å². The largest absolute Gasteiger partial charge is 0.480 e. The highest BCUT2D eigenvalue weighted by atomic mass is 16.4. The normalized spacial score (nSPS) is 12.5.